The zero-order valence-electron chi connectivity index (χ0n) is 9.57. The molecule has 1 aromatic heterocycles. The highest BCUT2D eigenvalue weighted by Gasteiger charge is 2.06. The first-order valence-corrected chi connectivity index (χ1v) is 5.10. The maximum atomic E-state index is 13.5. The van der Waals surface area contributed by atoms with E-state index < -0.39 is 11.5 Å². The molecule has 0 bridgehead atoms. The number of benzene rings is 1. The average Bonchev–Trinajstić information content (AvgIpc) is 2.32. The topological polar surface area (TPSA) is 49.0 Å². The van der Waals surface area contributed by atoms with E-state index in [4.69, 9.17) is 0 Å². The number of nitrogens with zero attached hydrogens (tertiary/aromatic N) is 2. The van der Waals surface area contributed by atoms with E-state index in [9.17, 15) is 9.18 Å². The number of H-pyrrole nitrogens is 1. The van der Waals surface area contributed by atoms with Gasteiger partial charge in [-0.1, -0.05) is 12.1 Å². The van der Waals surface area contributed by atoms with Crippen LogP contribution in [0.15, 0.2) is 35.3 Å². The molecule has 1 N–H and O–H groups in total. The van der Waals surface area contributed by atoms with Gasteiger partial charge in [0, 0.05) is 25.3 Å². The highest BCUT2D eigenvalue weighted by atomic mass is 19.1. The third-order valence-electron chi connectivity index (χ3n) is 2.44. The van der Waals surface area contributed by atoms with Crippen molar-refractivity contribution in [3.63, 3.8) is 0 Å². The quantitative estimate of drug-likeness (QED) is 0.857. The number of nitrogens with one attached hydrogen (secondary N) is 1. The summed E-state index contributed by atoms with van der Waals surface area (Å²) >= 11 is 0. The smallest absolute Gasteiger partial charge is 0.345 e. The van der Waals surface area contributed by atoms with Gasteiger partial charge in [-0.2, -0.15) is 4.98 Å². The second kappa shape index (κ2) is 4.37. The molecule has 1 aromatic carbocycles. The van der Waals surface area contributed by atoms with Crippen LogP contribution >= 0.6 is 0 Å². The van der Waals surface area contributed by atoms with E-state index >= 15 is 0 Å². The number of halogens is 1. The molecule has 88 valence electrons. The first-order chi connectivity index (χ1) is 8.08. The lowest BCUT2D eigenvalue weighted by atomic mass is 10.1. The molecule has 0 aliphatic carbocycles. The average molecular weight is 233 g/mol. The van der Waals surface area contributed by atoms with Crippen LogP contribution < -0.4 is 10.6 Å². The largest absolute Gasteiger partial charge is 0.378 e. The number of hydrogen-bond donors (Lipinski definition) is 1. The van der Waals surface area contributed by atoms with Crippen molar-refractivity contribution < 1.29 is 4.39 Å². The summed E-state index contributed by atoms with van der Waals surface area (Å²) in [7, 11) is 3.84. The van der Waals surface area contributed by atoms with Crippen molar-refractivity contribution in [1.29, 1.82) is 0 Å². The van der Waals surface area contributed by atoms with Crippen LogP contribution in [0.25, 0.3) is 11.3 Å². The normalized spacial score (nSPS) is 10.3. The molecule has 0 spiro atoms. The summed E-state index contributed by atoms with van der Waals surface area (Å²) < 4.78 is 13.5. The molecule has 5 heteroatoms. The van der Waals surface area contributed by atoms with Crippen molar-refractivity contribution in [2.75, 3.05) is 19.0 Å². The van der Waals surface area contributed by atoms with Crippen molar-refractivity contribution in [1.82, 2.24) is 9.97 Å². The van der Waals surface area contributed by atoms with E-state index in [0.717, 1.165) is 11.9 Å². The summed E-state index contributed by atoms with van der Waals surface area (Å²) in [5.74, 6) is -0.540. The molecule has 0 amide bonds. The Morgan fingerprint density at radius 3 is 2.47 bits per heavy atom. The maximum Gasteiger partial charge on any atom is 0.345 e. The van der Waals surface area contributed by atoms with E-state index in [1.54, 1.807) is 12.1 Å². The Morgan fingerprint density at radius 1 is 1.24 bits per heavy atom. The van der Waals surface area contributed by atoms with Gasteiger partial charge in [0.15, 0.2) is 5.82 Å². The van der Waals surface area contributed by atoms with Crippen LogP contribution in [-0.2, 0) is 0 Å². The molecule has 0 aliphatic rings. The lowest BCUT2D eigenvalue weighted by Gasteiger charge is -2.12. The fourth-order valence-electron chi connectivity index (χ4n) is 1.52. The van der Waals surface area contributed by atoms with E-state index in [1.807, 2.05) is 31.1 Å². The van der Waals surface area contributed by atoms with Crippen LogP contribution in [0.4, 0.5) is 10.1 Å². The SMILES string of the molecule is CN(C)c1ccc(-c2[nH]c(=O)ncc2F)cc1. The minimum Gasteiger partial charge on any atom is -0.378 e. The summed E-state index contributed by atoms with van der Waals surface area (Å²) in [5.41, 5.74) is 1.23. The Labute approximate surface area is 97.7 Å². The molecule has 1 heterocycles. The van der Waals surface area contributed by atoms with Gasteiger partial charge in [-0.25, -0.2) is 9.18 Å². The monoisotopic (exact) mass is 233 g/mol. The van der Waals surface area contributed by atoms with E-state index in [0.29, 0.717) is 5.56 Å². The Balaban J connectivity index is 2.46. The zero-order valence-corrected chi connectivity index (χ0v) is 9.57. The van der Waals surface area contributed by atoms with Crippen LogP contribution in [0.3, 0.4) is 0 Å². The third-order valence-corrected chi connectivity index (χ3v) is 2.44. The minimum atomic E-state index is -0.557. The Hall–Kier alpha value is -2.17. The van der Waals surface area contributed by atoms with Crippen LogP contribution in [0.1, 0.15) is 0 Å². The van der Waals surface area contributed by atoms with Crippen molar-refractivity contribution in [3.8, 4) is 11.3 Å². The lowest BCUT2D eigenvalue weighted by molar-refractivity contribution is 0.615. The van der Waals surface area contributed by atoms with Gasteiger partial charge in [0.25, 0.3) is 0 Å². The van der Waals surface area contributed by atoms with Gasteiger partial charge in [0.05, 0.1) is 11.9 Å². The molecule has 0 fully saturated rings. The van der Waals surface area contributed by atoms with Gasteiger partial charge in [-0.15, -0.1) is 0 Å². The molecule has 0 radical (unpaired) electrons. The number of anilines is 1. The molecule has 2 rings (SSSR count). The van der Waals surface area contributed by atoms with Crippen LogP contribution in [0.5, 0.6) is 0 Å². The van der Waals surface area contributed by atoms with Crippen molar-refractivity contribution in [2.45, 2.75) is 0 Å². The second-order valence-corrected chi connectivity index (χ2v) is 3.85. The molecule has 0 saturated heterocycles. The molecule has 0 unspecified atom stereocenters. The van der Waals surface area contributed by atoms with Gasteiger partial charge >= 0.3 is 5.69 Å². The molecule has 2 aromatic rings. The van der Waals surface area contributed by atoms with Gasteiger partial charge in [-0.05, 0) is 12.1 Å². The van der Waals surface area contributed by atoms with Gasteiger partial charge in [0.1, 0.15) is 0 Å². The number of rotatable bonds is 2. The molecule has 0 atom stereocenters. The van der Waals surface area contributed by atoms with Crippen molar-refractivity contribution in [2.24, 2.45) is 0 Å². The van der Waals surface area contributed by atoms with Gasteiger partial charge in [-0.3, -0.25) is 0 Å². The molecule has 0 saturated carbocycles. The Bertz CT molecular complexity index is 575. The molecule has 0 aliphatic heterocycles. The fraction of sp³-hybridized carbons (Fsp3) is 0.167. The summed E-state index contributed by atoms with van der Waals surface area (Å²) in [6.45, 7) is 0. The van der Waals surface area contributed by atoms with Crippen molar-refractivity contribution in [3.05, 3.63) is 46.8 Å². The Morgan fingerprint density at radius 2 is 1.88 bits per heavy atom. The predicted molar refractivity (Wildman–Crippen MR) is 64.6 cm³/mol. The number of hydrogen-bond acceptors (Lipinski definition) is 3. The van der Waals surface area contributed by atoms with Crippen molar-refractivity contribution >= 4 is 5.69 Å². The first-order valence-electron chi connectivity index (χ1n) is 5.10. The highest BCUT2D eigenvalue weighted by Crippen LogP contribution is 2.21. The number of aromatic amines is 1. The third kappa shape index (κ3) is 2.33. The summed E-state index contributed by atoms with van der Waals surface area (Å²) in [6, 6.07) is 7.22. The van der Waals surface area contributed by atoms with Crippen LogP contribution in [0.2, 0.25) is 0 Å². The summed E-state index contributed by atoms with van der Waals surface area (Å²) in [6.07, 6.45) is 0.925. The molecular formula is C12H12FN3O. The van der Waals surface area contributed by atoms with E-state index in [2.05, 4.69) is 9.97 Å². The molecular weight excluding hydrogens is 221 g/mol. The summed E-state index contributed by atoms with van der Waals surface area (Å²) in [4.78, 5) is 18.7. The van der Waals surface area contributed by atoms with E-state index in [1.165, 1.54) is 0 Å². The first kappa shape index (κ1) is 11.3. The van der Waals surface area contributed by atoms with E-state index in [-0.39, 0.29) is 5.69 Å². The van der Waals surface area contributed by atoms with Gasteiger partial charge in [0.2, 0.25) is 0 Å². The maximum absolute atomic E-state index is 13.5. The van der Waals surface area contributed by atoms with Gasteiger partial charge < -0.3 is 9.88 Å². The standard InChI is InChI=1S/C12H12FN3O/c1-16(2)9-5-3-8(4-6-9)11-10(13)7-14-12(17)15-11/h3-7H,1-2H3,(H,14,15,17). The van der Waals surface area contributed by atoms with Crippen LogP contribution in [0, 0.1) is 5.82 Å². The minimum absolute atomic E-state index is 0.162. The lowest BCUT2D eigenvalue weighted by Crippen LogP contribution is -2.12. The molecule has 4 nitrogen and oxygen atoms in total. The second-order valence-electron chi connectivity index (χ2n) is 3.85. The fourth-order valence-corrected chi connectivity index (χ4v) is 1.52. The van der Waals surface area contributed by atoms with Crippen LogP contribution in [-0.4, -0.2) is 24.1 Å². The predicted octanol–water partition coefficient (Wildman–Crippen LogP) is 1.64. The zero-order chi connectivity index (χ0) is 12.4. The Kier molecular flexibility index (Phi) is 2.91. The summed E-state index contributed by atoms with van der Waals surface area (Å²) in [5, 5.41) is 0. The molecule has 17 heavy (non-hydrogen) atoms. The number of aromatic nitrogens is 2. The highest BCUT2D eigenvalue weighted by molar-refractivity contribution is 5.62.